The Kier molecular flexibility index (Phi) is 9.18. The molecule has 0 aliphatic heterocycles. The first kappa shape index (κ1) is 22.1. The molecule has 0 fully saturated rings. The number of pyridine rings is 1. The molecule has 0 atom stereocenters. The molecule has 0 saturated carbocycles. The van der Waals surface area contributed by atoms with Gasteiger partial charge in [-0.3, -0.25) is 4.79 Å². The predicted octanol–water partition coefficient (Wildman–Crippen LogP) is 5.73. The molecule has 2 N–H and O–H groups in total. The summed E-state index contributed by atoms with van der Waals surface area (Å²) in [6.45, 7) is 5.51. The van der Waals surface area contributed by atoms with E-state index < -0.39 is 11.3 Å². The topological polar surface area (TPSA) is 71.7 Å². The maximum absolute atomic E-state index is 12.5. The first-order valence-corrected chi connectivity index (χ1v) is 10.8. The van der Waals surface area contributed by atoms with E-state index in [1.165, 1.54) is 25.7 Å². The number of aromatic nitrogens is 1. The second kappa shape index (κ2) is 11.6. The van der Waals surface area contributed by atoms with E-state index in [1.54, 1.807) is 22.8 Å². The van der Waals surface area contributed by atoms with E-state index in [0.29, 0.717) is 29.8 Å². The van der Waals surface area contributed by atoms with Crippen molar-refractivity contribution in [3.05, 3.63) is 28.6 Å². The highest BCUT2D eigenvalue weighted by Gasteiger charge is 2.16. The van der Waals surface area contributed by atoms with Gasteiger partial charge >= 0.3 is 0 Å². The van der Waals surface area contributed by atoms with Gasteiger partial charge in [0.25, 0.3) is 5.56 Å². The van der Waals surface area contributed by atoms with Crippen molar-refractivity contribution in [2.45, 2.75) is 84.6 Å². The molecule has 156 valence electrons. The quantitative estimate of drug-likeness (QED) is 0.429. The van der Waals surface area contributed by atoms with Crippen LogP contribution in [0, 0.1) is 0 Å². The average Bonchev–Trinajstić information content (AvgIpc) is 2.71. The lowest BCUT2D eigenvalue weighted by Gasteiger charge is -2.14. The van der Waals surface area contributed by atoms with Crippen LogP contribution in [0.3, 0.4) is 0 Å². The Balaban J connectivity index is 2.11. The van der Waals surface area contributed by atoms with Crippen molar-refractivity contribution in [1.29, 1.82) is 0 Å². The van der Waals surface area contributed by atoms with Crippen LogP contribution in [0.15, 0.2) is 23.0 Å². The second-order valence-electron chi connectivity index (χ2n) is 7.51. The van der Waals surface area contributed by atoms with Gasteiger partial charge in [-0.1, -0.05) is 65.2 Å². The minimum absolute atomic E-state index is 0.354. The second-order valence-corrected chi connectivity index (χ2v) is 7.51. The van der Waals surface area contributed by atoms with Crippen LogP contribution in [0.1, 0.15) is 78.1 Å². The Morgan fingerprint density at radius 2 is 1.50 bits per heavy atom. The van der Waals surface area contributed by atoms with Gasteiger partial charge in [0, 0.05) is 18.0 Å². The molecule has 0 bridgehead atoms. The molecule has 0 radical (unpaired) electrons. The van der Waals surface area contributed by atoms with E-state index in [1.807, 2.05) is 0 Å². The monoisotopic (exact) mass is 389 g/mol. The number of fused-ring (bicyclic) bond motifs is 1. The number of hydrogen-bond donors (Lipinski definition) is 2. The van der Waals surface area contributed by atoms with Crippen LogP contribution in [-0.2, 0) is 6.54 Å². The van der Waals surface area contributed by atoms with E-state index in [2.05, 4.69) is 13.8 Å². The summed E-state index contributed by atoms with van der Waals surface area (Å²) < 4.78 is 7.42. The van der Waals surface area contributed by atoms with Crippen LogP contribution in [0.4, 0.5) is 0 Å². The number of aromatic hydroxyl groups is 2. The molecule has 5 nitrogen and oxygen atoms in total. The van der Waals surface area contributed by atoms with Crippen LogP contribution >= 0.6 is 0 Å². The standard InChI is InChI=1S/C23H35NO4/c1-3-5-7-9-10-12-16-28-18-13-14-19-20(17-18)24(15-11-8-6-4-2)23(27)22(26)21(19)25/h13-14,17,25-26H,3-12,15-16H2,1-2H3. The zero-order valence-electron chi connectivity index (χ0n) is 17.4. The minimum atomic E-state index is -0.580. The third kappa shape index (κ3) is 5.91. The maximum atomic E-state index is 12.5. The van der Waals surface area contributed by atoms with Crippen molar-refractivity contribution in [3.8, 4) is 17.2 Å². The normalized spacial score (nSPS) is 11.2. The molecule has 0 unspecified atom stereocenters. The number of ether oxygens (including phenoxy) is 1. The molecule has 28 heavy (non-hydrogen) atoms. The van der Waals surface area contributed by atoms with Crippen LogP contribution in [-0.4, -0.2) is 21.4 Å². The Morgan fingerprint density at radius 1 is 0.857 bits per heavy atom. The lowest BCUT2D eigenvalue weighted by atomic mass is 10.1. The highest BCUT2D eigenvalue weighted by atomic mass is 16.5. The summed E-state index contributed by atoms with van der Waals surface area (Å²) in [7, 11) is 0. The fraction of sp³-hybridized carbons (Fsp3) is 0.609. The summed E-state index contributed by atoms with van der Waals surface area (Å²) in [5.74, 6) is -0.246. The molecule has 1 aromatic heterocycles. The fourth-order valence-corrected chi connectivity index (χ4v) is 3.48. The van der Waals surface area contributed by atoms with Crippen molar-refractivity contribution >= 4 is 10.9 Å². The van der Waals surface area contributed by atoms with Gasteiger partial charge in [-0.2, -0.15) is 0 Å². The molecule has 1 heterocycles. The van der Waals surface area contributed by atoms with Gasteiger partial charge in [-0.25, -0.2) is 0 Å². The molecule has 0 aliphatic carbocycles. The van der Waals surface area contributed by atoms with Crippen molar-refractivity contribution in [2.24, 2.45) is 0 Å². The zero-order chi connectivity index (χ0) is 20.4. The summed E-state index contributed by atoms with van der Waals surface area (Å²) in [6.07, 6.45) is 11.3. The van der Waals surface area contributed by atoms with Crippen LogP contribution in [0.25, 0.3) is 10.9 Å². The van der Waals surface area contributed by atoms with Gasteiger partial charge in [-0.15, -0.1) is 0 Å². The number of unbranched alkanes of at least 4 members (excludes halogenated alkanes) is 8. The van der Waals surface area contributed by atoms with Crippen molar-refractivity contribution in [1.82, 2.24) is 4.57 Å². The van der Waals surface area contributed by atoms with Gasteiger partial charge < -0.3 is 19.5 Å². The Hall–Kier alpha value is -2.17. The maximum Gasteiger partial charge on any atom is 0.297 e. The molecular formula is C23H35NO4. The van der Waals surface area contributed by atoms with E-state index >= 15 is 0 Å². The summed E-state index contributed by atoms with van der Waals surface area (Å²) in [6, 6.07) is 5.29. The summed E-state index contributed by atoms with van der Waals surface area (Å²) in [5.41, 5.74) is 0.0619. The fourth-order valence-electron chi connectivity index (χ4n) is 3.48. The highest BCUT2D eigenvalue weighted by molar-refractivity contribution is 5.88. The van der Waals surface area contributed by atoms with Crippen molar-refractivity contribution in [2.75, 3.05) is 6.61 Å². The summed E-state index contributed by atoms with van der Waals surface area (Å²) in [4.78, 5) is 12.5. The van der Waals surface area contributed by atoms with Gasteiger partial charge in [0.15, 0.2) is 5.75 Å². The molecular weight excluding hydrogens is 354 g/mol. The van der Waals surface area contributed by atoms with E-state index in [4.69, 9.17) is 4.74 Å². The number of benzene rings is 1. The lowest BCUT2D eigenvalue weighted by Crippen LogP contribution is -2.20. The number of hydrogen-bond acceptors (Lipinski definition) is 4. The number of nitrogens with zero attached hydrogens (tertiary/aromatic N) is 1. The lowest BCUT2D eigenvalue weighted by molar-refractivity contribution is 0.304. The van der Waals surface area contributed by atoms with Gasteiger partial charge in [-0.05, 0) is 25.0 Å². The molecule has 0 saturated heterocycles. The molecule has 5 heteroatoms. The molecule has 2 rings (SSSR count). The van der Waals surface area contributed by atoms with E-state index in [9.17, 15) is 15.0 Å². The smallest absolute Gasteiger partial charge is 0.297 e. The van der Waals surface area contributed by atoms with E-state index in [-0.39, 0.29) is 5.75 Å². The number of aryl methyl sites for hydroxylation is 1. The first-order chi connectivity index (χ1) is 13.6. The average molecular weight is 390 g/mol. The molecule has 0 aliphatic rings. The van der Waals surface area contributed by atoms with Crippen molar-refractivity contribution < 1.29 is 14.9 Å². The van der Waals surface area contributed by atoms with Gasteiger partial charge in [0.2, 0.25) is 5.75 Å². The SMILES string of the molecule is CCCCCCCCOc1ccc2c(O)c(O)c(=O)n(CCCCCC)c2c1. The first-order valence-electron chi connectivity index (χ1n) is 10.8. The van der Waals surface area contributed by atoms with Crippen LogP contribution in [0.5, 0.6) is 17.2 Å². The third-order valence-electron chi connectivity index (χ3n) is 5.19. The molecule has 0 spiro atoms. The van der Waals surface area contributed by atoms with Gasteiger partial charge in [0.1, 0.15) is 5.75 Å². The molecule has 0 amide bonds. The largest absolute Gasteiger partial charge is 0.504 e. The van der Waals surface area contributed by atoms with Crippen LogP contribution in [0.2, 0.25) is 0 Å². The van der Waals surface area contributed by atoms with Gasteiger partial charge in [0.05, 0.1) is 12.1 Å². The Bertz CT molecular complexity index is 797. The van der Waals surface area contributed by atoms with E-state index in [0.717, 1.165) is 38.5 Å². The third-order valence-corrected chi connectivity index (χ3v) is 5.19. The Labute approximate surface area is 168 Å². The predicted molar refractivity (Wildman–Crippen MR) is 115 cm³/mol. The zero-order valence-corrected chi connectivity index (χ0v) is 17.4. The molecule has 2 aromatic rings. The number of rotatable bonds is 13. The Morgan fingerprint density at radius 3 is 2.21 bits per heavy atom. The van der Waals surface area contributed by atoms with Crippen molar-refractivity contribution in [3.63, 3.8) is 0 Å². The van der Waals surface area contributed by atoms with Crippen LogP contribution < -0.4 is 10.3 Å². The highest BCUT2D eigenvalue weighted by Crippen LogP contribution is 2.32. The molecule has 1 aromatic carbocycles. The minimum Gasteiger partial charge on any atom is -0.504 e. The summed E-state index contributed by atoms with van der Waals surface area (Å²) >= 11 is 0. The summed E-state index contributed by atoms with van der Waals surface area (Å²) in [5, 5.41) is 20.7.